The molecule has 0 saturated carbocycles. The molecule has 1 aromatic heterocycles. The minimum Gasteiger partial charge on any atom is -0.496 e. The van der Waals surface area contributed by atoms with Crippen LogP contribution in [0.2, 0.25) is 0 Å². The topological polar surface area (TPSA) is 103 Å². The first-order valence-corrected chi connectivity index (χ1v) is 11.2. The molecule has 9 heteroatoms. The van der Waals surface area contributed by atoms with Crippen LogP contribution in [0.25, 0.3) is 0 Å². The number of nitrogens with zero attached hydrogens (tertiary/aromatic N) is 3. The Morgan fingerprint density at radius 2 is 1.89 bits per heavy atom. The van der Waals surface area contributed by atoms with Crippen molar-refractivity contribution in [1.29, 1.82) is 0 Å². The van der Waals surface area contributed by atoms with Crippen LogP contribution in [0, 0.1) is 13.8 Å². The Hall–Kier alpha value is -4.14. The molecule has 35 heavy (non-hydrogen) atoms. The molecular weight excluding hydrogens is 448 g/mol. The lowest BCUT2D eigenvalue weighted by Crippen LogP contribution is -2.64. The number of anilines is 1. The SMILES string of the molecule is COC(=O)c1ncn2c1C(=O)N(c1ccc(C)cc1C)C(C)(C(=O)NCc1ccccc1OC)C2. The van der Waals surface area contributed by atoms with Crippen LogP contribution in [0.4, 0.5) is 5.69 Å². The Bertz CT molecular complexity index is 1310. The first-order chi connectivity index (χ1) is 16.7. The maximum Gasteiger partial charge on any atom is 0.359 e. The monoisotopic (exact) mass is 476 g/mol. The van der Waals surface area contributed by atoms with E-state index in [1.807, 2.05) is 56.3 Å². The fraction of sp³-hybridized carbons (Fsp3) is 0.308. The first kappa shape index (κ1) is 24.0. The van der Waals surface area contributed by atoms with Gasteiger partial charge >= 0.3 is 5.97 Å². The highest BCUT2D eigenvalue weighted by atomic mass is 16.5. The minimum absolute atomic E-state index is 0.0799. The molecule has 1 unspecified atom stereocenters. The lowest BCUT2D eigenvalue weighted by Gasteiger charge is -2.44. The molecule has 0 bridgehead atoms. The van der Waals surface area contributed by atoms with Crippen molar-refractivity contribution in [2.75, 3.05) is 19.1 Å². The Balaban J connectivity index is 1.78. The number of amides is 2. The number of nitrogens with one attached hydrogen (secondary N) is 1. The standard InChI is InChI=1S/C26H28N4O5/c1-16-10-11-19(17(2)12-16)30-23(31)22-21(24(32)35-5)28-15-29(22)14-26(30,3)25(33)27-13-18-8-6-7-9-20(18)34-4/h6-12,15H,13-14H2,1-5H3,(H,27,33). The molecule has 0 saturated heterocycles. The number of rotatable bonds is 6. The predicted octanol–water partition coefficient (Wildman–Crippen LogP) is 3.03. The lowest BCUT2D eigenvalue weighted by molar-refractivity contribution is -0.126. The molecule has 2 amide bonds. The molecule has 3 aromatic rings. The Morgan fingerprint density at radius 3 is 2.57 bits per heavy atom. The van der Waals surface area contributed by atoms with Crippen molar-refractivity contribution in [2.24, 2.45) is 0 Å². The van der Waals surface area contributed by atoms with Crippen LogP contribution < -0.4 is 15.0 Å². The van der Waals surface area contributed by atoms with E-state index in [4.69, 9.17) is 9.47 Å². The summed E-state index contributed by atoms with van der Waals surface area (Å²) < 4.78 is 11.8. The van der Waals surface area contributed by atoms with Gasteiger partial charge in [0, 0.05) is 17.8 Å². The summed E-state index contributed by atoms with van der Waals surface area (Å²) in [6.45, 7) is 5.87. The van der Waals surface area contributed by atoms with Crippen molar-refractivity contribution in [3.8, 4) is 5.75 Å². The van der Waals surface area contributed by atoms with Crippen molar-refractivity contribution in [1.82, 2.24) is 14.9 Å². The number of hydrogen-bond acceptors (Lipinski definition) is 6. The molecule has 1 aliphatic rings. The summed E-state index contributed by atoms with van der Waals surface area (Å²) in [5, 5.41) is 2.97. The van der Waals surface area contributed by atoms with Crippen molar-refractivity contribution >= 4 is 23.5 Å². The molecule has 4 rings (SSSR count). The second kappa shape index (κ2) is 9.25. The summed E-state index contributed by atoms with van der Waals surface area (Å²) in [5.41, 5.74) is 1.95. The lowest BCUT2D eigenvalue weighted by atomic mass is 9.92. The number of fused-ring (bicyclic) bond motifs is 1. The number of benzene rings is 2. The summed E-state index contributed by atoms with van der Waals surface area (Å²) in [4.78, 5) is 45.5. The average molecular weight is 477 g/mol. The number of methoxy groups -OCH3 is 2. The molecule has 0 aliphatic carbocycles. The Kier molecular flexibility index (Phi) is 6.34. The highest BCUT2D eigenvalue weighted by molar-refractivity contribution is 6.15. The first-order valence-electron chi connectivity index (χ1n) is 11.2. The van der Waals surface area contributed by atoms with E-state index in [2.05, 4.69) is 10.3 Å². The summed E-state index contributed by atoms with van der Waals surface area (Å²) in [6.07, 6.45) is 1.39. The molecule has 2 aromatic carbocycles. The zero-order valence-electron chi connectivity index (χ0n) is 20.4. The van der Waals surface area contributed by atoms with Crippen molar-refractivity contribution in [3.63, 3.8) is 0 Å². The highest BCUT2D eigenvalue weighted by Crippen LogP contribution is 2.36. The minimum atomic E-state index is -1.31. The molecule has 9 nitrogen and oxygen atoms in total. The van der Waals surface area contributed by atoms with Crippen LogP contribution in [-0.2, 0) is 22.6 Å². The predicted molar refractivity (Wildman–Crippen MR) is 130 cm³/mol. The third kappa shape index (κ3) is 4.14. The summed E-state index contributed by atoms with van der Waals surface area (Å²) in [7, 11) is 2.81. The highest BCUT2D eigenvalue weighted by Gasteiger charge is 2.50. The van der Waals surface area contributed by atoms with Gasteiger partial charge in [-0.25, -0.2) is 9.78 Å². The van der Waals surface area contributed by atoms with E-state index in [-0.39, 0.29) is 30.4 Å². The number of para-hydroxylation sites is 1. The number of imidazole rings is 1. The van der Waals surface area contributed by atoms with E-state index in [1.54, 1.807) is 14.0 Å². The van der Waals surface area contributed by atoms with Gasteiger partial charge in [0.15, 0.2) is 5.69 Å². The van der Waals surface area contributed by atoms with Gasteiger partial charge in [-0.05, 0) is 38.5 Å². The Labute approximate surface area is 203 Å². The quantitative estimate of drug-likeness (QED) is 0.549. The van der Waals surface area contributed by atoms with Gasteiger partial charge in [-0.15, -0.1) is 0 Å². The normalized spacial score (nSPS) is 17.1. The number of aryl methyl sites for hydroxylation is 2. The van der Waals surface area contributed by atoms with Crippen LogP contribution in [0.1, 0.15) is 44.6 Å². The van der Waals surface area contributed by atoms with Gasteiger partial charge in [-0.3, -0.25) is 14.5 Å². The molecular formula is C26H28N4O5. The third-order valence-corrected chi connectivity index (χ3v) is 6.31. The van der Waals surface area contributed by atoms with Crippen LogP contribution in [-0.4, -0.2) is 47.1 Å². The van der Waals surface area contributed by atoms with Gasteiger partial charge < -0.3 is 19.4 Å². The molecule has 1 atom stereocenters. The third-order valence-electron chi connectivity index (χ3n) is 6.31. The second-order valence-electron chi connectivity index (χ2n) is 8.76. The van der Waals surface area contributed by atoms with Crippen molar-refractivity contribution < 1.29 is 23.9 Å². The van der Waals surface area contributed by atoms with Gasteiger partial charge in [-0.2, -0.15) is 0 Å². The number of esters is 1. The van der Waals surface area contributed by atoms with Crippen molar-refractivity contribution in [3.05, 3.63) is 76.9 Å². The molecule has 0 radical (unpaired) electrons. The van der Waals surface area contributed by atoms with Gasteiger partial charge in [0.05, 0.1) is 27.1 Å². The summed E-state index contributed by atoms with van der Waals surface area (Å²) >= 11 is 0. The zero-order chi connectivity index (χ0) is 25.3. The van der Waals surface area contributed by atoms with E-state index < -0.39 is 17.4 Å². The van der Waals surface area contributed by atoms with Gasteiger partial charge in [0.1, 0.15) is 17.0 Å². The molecule has 2 heterocycles. The van der Waals surface area contributed by atoms with Crippen LogP contribution in [0.15, 0.2) is 48.8 Å². The van der Waals surface area contributed by atoms with E-state index in [1.165, 1.54) is 22.9 Å². The van der Waals surface area contributed by atoms with Gasteiger partial charge in [-0.1, -0.05) is 35.9 Å². The number of carbonyl (C=O) groups is 3. The molecule has 0 spiro atoms. The average Bonchev–Trinajstić information content (AvgIpc) is 3.27. The molecule has 182 valence electrons. The Morgan fingerprint density at radius 1 is 1.14 bits per heavy atom. The van der Waals surface area contributed by atoms with E-state index >= 15 is 0 Å². The maximum atomic E-state index is 13.9. The molecule has 1 aliphatic heterocycles. The summed E-state index contributed by atoms with van der Waals surface area (Å²) in [5.74, 6) is -0.910. The fourth-order valence-electron chi connectivity index (χ4n) is 4.52. The van der Waals surface area contributed by atoms with Gasteiger partial charge in [0.25, 0.3) is 5.91 Å². The zero-order valence-corrected chi connectivity index (χ0v) is 20.4. The smallest absolute Gasteiger partial charge is 0.359 e. The number of aromatic nitrogens is 2. The maximum absolute atomic E-state index is 13.9. The molecule has 1 N–H and O–H groups in total. The summed E-state index contributed by atoms with van der Waals surface area (Å²) in [6, 6.07) is 13.1. The van der Waals surface area contributed by atoms with Crippen LogP contribution in [0.3, 0.4) is 0 Å². The van der Waals surface area contributed by atoms with E-state index in [0.29, 0.717) is 11.4 Å². The van der Waals surface area contributed by atoms with Crippen molar-refractivity contribution in [2.45, 2.75) is 39.4 Å². The van der Waals surface area contributed by atoms with Crippen LogP contribution >= 0.6 is 0 Å². The van der Waals surface area contributed by atoms with E-state index in [9.17, 15) is 14.4 Å². The number of carbonyl (C=O) groups excluding carboxylic acids is 3. The fourth-order valence-corrected chi connectivity index (χ4v) is 4.52. The second-order valence-corrected chi connectivity index (χ2v) is 8.76. The van der Waals surface area contributed by atoms with Crippen LogP contribution in [0.5, 0.6) is 5.75 Å². The largest absolute Gasteiger partial charge is 0.496 e. The van der Waals surface area contributed by atoms with E-state index in [0.717, 1.165) is 16.7 Å². The number of hydrogen-bond donors (Lipinski definition) is 1. The molecule has 0 fully saturated rings. The van der Waals surface area contributed by atoms with Gasteiger partial charge in [0.2, 0.25) is 5.91 Å². The number of ether oxygens (including phenoxy) is 2.